The first-order valence-corrected chi connectivity index (χ1v) is 7.63. The summed E-state index contributed by atoms with van der Waals surface area (Å²) in [6.07, 6.45) is 0.602. The van der Waals surface area contributed by atoms with E-state index in [0.717, 1.165) is 11.3 Å². The van der Waals surface area contributed by atoms with Crippen LogP contribution in [0.4, 0.5) is 14.9 Å². The zero-order valence-electron chi connectivity index (χ0n) is 13.0. The highest BCUT2D eigenvalue weighted by Gasteiger charge is 2.49. The van der Waals surface area contributed by atoms with Crippen LogP contribution in [0.25, 0.3) is 0 Å². The molecular formula is C18H17FN2O2. The average molecular weight is 312 g/mol. The highest BCUT2D eigenvalue weighted by molar-refractivity contribution is 5.94. The van der Waals surface area contributed by atoms with Crippen molar-refractivity contribution >= 4 is 11.7 Å². The second-order valence-corrected chi connectivity index (χ2v) is 6.29. The van der Waals surface area contributed by atoms with Crippen LogP contribution in [0.5, 0.6) is 5.75 Å². The molecule has 2 amide bonds. The summed E-state index contributed by atoms with van der Waals surface area (Å²) in [5.41, 5.74) is 1.17. The molecule has 2 aromatic rings. The fourth-order valence-corrected chi connectivity index (χ4v) is 3.43. The fourth-order valence-electron chi connectivity index (χ4n) is 3.43. The molecule has 0 radical (unpaired) electrons. The highest BCUT2D eigenvalue weighted by Crippen LogP contribution is 2.45. The Bertz CT molecular complexity index is 807. The first-order chi connectivity index (χ1) is 11.0. The molecule has 118 valence electrons. The Morgan fingerprint density at radius 3 is 2.87 bits per heavy atom. The van der Waals surface area contributed by atoms with E-state index >= 15 is 0 Å². The second kappa shape index (κ2) is 4.72. The Hall–Kier alpha value is -2.56. The number of para-hydroxylation sites is 1. The highest BCUT2D eigenvalue weighted by atomic mass is 19.1. The van der Waals surface area contributed by atoms with Gasteiger partial charge in [0.05, 0.1) is 11.7 Å². The van der Waals surface area contributed by atoms with Gasteiger partial charge in [-0.3, -0.25) is 4.90 Å². The number of nitrogens with one attached hydrogen (secondary N) is 1. The van der Waals surface area contributed by atoms with Gasteiger partial charge in [-0.25, -0.2) is 9.18 Å². The van der Waals surface area contributed by atoms with E-state index in [1.165, 1.54) is 11.0 Å². The van der Waals surface area contributed by atoms with Crippen molar-refractivity contribution < 1.29 is 13.9 Å². The number of anilines is 1. The molecule has 2 atom stereocenters. The van der Waals surface area contributed by atoms with Gasteiger partial charge in [-0.05, 0) is 37.6 Å². The van der Waals surface area contributed by atoms with E-state index in [0.29, 0.717) is 17.7 Å². The van der Waals surface area contributed by atoms with E-state index in [2.05, 4.69) is 5.32 Å². The van der Waals surface area contributed by atoms with Gasteiger partial charge >= 0.3 is 6.03 Å². The van der Waals surface area contributed by atoms with Crippen LogP contribution in [-0.4, -0.2) is 11.8 Å². The molecule has 5 heteroatoms. The molecule has 2 bridgehead atoms. The van der Waals surface area contributed by atoms with Gasteiger partial charge in [0.25, 0.3) is 0 Å². The molecule has 1 saturated heterocycles. The van der Waals surface area contributed by atoms with Crippen molar-refractivity contribution in [2.45, 2.75) is 32.0 Å². The van der Waals surface area contributed by atoms with Crippen molar-refractivity contribution in [1.29, 1.82) is 0 Å². The first-order valence-electron chi connectivity index (χ1n) is 7.63. The quantitative estimate of drug-likeness (QED) is 0.867. The molecule has 2 aliphatic heterocycles. The van der Waals surface area contributed by atoms with Crippen LogP contribution in [0.3, 0.4) is 0 Å². The molecule has 0 spiro atoms. The standard InChI is InChI=1S/C18H17FN2O2/c1-11-7-8-12(9-14(11)19)21-17(22)20-15-10-18(21,2)23-16-6-4-3-5-13(15)16/h3-9,15H,10H2,1-2H3,(H,20,22). The minimum atomic E-state index is -0.844. The zero-order chi connectivity index (χ0) is 16.2. The minimum absolute atomic E-state index is 0.0935. The van der Waals surface area contributed by atoms with Crippen LogP contribution >= 0.6 is 0 Å². The molecule has 0 aliphatic carbocycles. The van der Waals surface area contributed by atoms with Gasteiger partial charge in [-0.2, -0.15) is 0 Å². The van der Waals surface area contributed by atoms with Gasteiger partial charge < -0.3 is 10.1 Å². The number of carbonyl (C=O) groups is 1. The lowest BCUT2D eigenvalue weighted by molar-refractivity contribution is 0.0378. The number of ether oxygens (including phenoxy) is 1. The Kier molecular flexibility index (Phi) is 2.88. The minimum Gasteiger partial charge on any atom is -0.467 e. The van der Waals surface area contributed by atoms with Crippen LogP contribution in [0.2, 0.25) is 0 Å². The molecule has 23 heavy (non-hydrogen) atoms. The summed E-state index contributed by atoms with van der Waals surface area (Å²) >= 11 is 0. The third kappa shape index (κ3) is 2.07. The maximum Gasteiger partial charge on any atom is 0.325 e. The number of hydrogen-bond acceptors (Lipinski definition) is 2. The maximum absolute atomic E-state index is 13.9. The Balaban J connectivity index is 1.81. The lowest BCUT2D eigenvalue weighted by atomic mass is 9.90. The molecule has 2 aromatic carbocycles. The van der Waals surface area contributed by atoms with Crippen molar-refractivity contribution in [1.82, 2.24) is 5.32 Å². The molecule has 0 aromatic heterocycles. The largest absolute Gasteiger partial charge is 0.467 e. The number of halogens is 1. The van der Waals surface area contributed by atoms with Crippen LogP contribution in [0, 0.1) is 12.7 Å². The summed E-state index contributed by atoms with van der Waals surface area (Å²) in [5.74, 6) is 0.418. The monoisotopic (exact) mass is 312 g/mol. The number of carbonyl (C=O) groups excluding carboxylic acids is 1. The van der Waals surface area contributed by atoms with Gasteiger partial charge in [-0.1, -0.05) is 24.3 Å². The molecule has 4 nitrogen and oxygen atoms in total. The number of amides is 2. The summed E-state index contributed by atoms with van der Waals surface area (Å²) in [6, 6.07) is 12.1. The average Bonchev–Trinajstić information content (AvgIpc) is 2.50. The number of hydrogen-bond donors (Lipinski definition) is 1. The molecule has 2 heterocycles. The summed E-state index contributed by atoms with van der Waals surface area (Å²) in [4.78, 5) is 14.1. The molecule has 1 N–H and O–H groups in total. The van der Waals surface area contributed by atoms with Crippen LogP contribution in [-0.2, 0) is 0 Å². The van der Waals surface area contributed by atoms with Crippen LogP contribution in [0.1, 0.15) is 30.5 Å². The lowest BCUT2D eigenvalue weighted by Gasteiger charge is -2.50. The summed E-state index contributed by atoms with van der Waals surface area (Å²) in [6.45, 7) is 3.56. The molecule has 2 aliphatic rings. The summed E-state index contributed by atoms with van der Waals surface area (Å²) in [5, 5.41) is 3.00. The number of nitrogens with zero attached hydrogens (tertiary/aromatic N) is 1. The molecule has 2 unspecified atom stereocenters. The predicted molar refractivity (Wildman–Crippen MR) is 85.0 cm³/mol. The van der Waals surface area contributed by atoms with Gasteiger partial charge in [0.2, 0.25) is 0 Å². The smallest absolute Gasteiger partial charge is 0.325 e. The first kappa shape index (κ1) is 14.1. The third-order valence-corrected chi connectivity index (χ3v) is 4.59. The van der Waals surface area contributed by atoms with Crippen molar-refractivity contribution in [3.8, 4) is 5.75 Å². The summed E-state index contributed by atoms with van der Waals surface area (Å²) in [7, 11) is 0. The number of urea groups is 1. The van der Waals surface area contributed by atoms with E-state index in [-0.39, 0.29) is 17.9 Å². The van der Waals surface area contributed by atoms with E-state index in [1.807, 2.05) is 31.2 Å². The normalized spacial score (nSPS) is 25.4. The van der Waals surface area contributed by atoms with Crippen molar-refractivity contribution in [2.24, 2.45) is 0 Å². The predicted octanol–water partition coefficient (Wildman–Crippen LogP) is 3.90. The van der Waals surface area contributed by atoms with Crippen LogP contribution < -0.4 is 15.0 Å². The van der Waals surface area contributed by atoms with Crippen molar-refractivity contribution in [2.75, 3.05) is 4.90 Å². The third-order valence-electron chi connectivity index (χ3n) is 4.59. The van der Waals surface area contributed by atoms with Gasteiger partial charge in [0, 0.05) is 12.0 Å². The Morgan fingerprint density at radius 2 is 2.09 bits per heavy atom. The molecule has 1 fully saturated rings. The van der Waals surface area contributed by atoms with Gasteiger partial charge in [-0.15, -0.1) is 0 Å². The molecule has 4 rings (SSSR count). The van der Waals surface area contributed by atoms with E-state index in [4.69, 9.17) is 4.74 Å². The number of aryl methyl sites for hydroxylation is 1. The summed E-state index contributed by atoms with van der Waals surface area (Å²) < 4.78 is 20.1. The lowest BCUT2D eigenvalue weighted by Crippen LogP contribution is -2.65. The number of fused-ring (bicyclic) bond motifs is 4. The molecular weight excluding hydrogens is 295 g/mol. The second-order valence-electron chi connectivity index (χ2n) is 6.29. The number of benzene rings is 2. The van der Waals surface area contributed by atoms with Crippen molar-refractivity contribution in [3.63, 3.8) is 0 Å². The van der Waals surface area contributed by atoms with E-state index < -0.39 is 5.72 Å². The maximum atomic E-state index is 13.9. The Morgan fingerprint density at radius 1 is 1.30 bits per heavy atom. The SMILES string of the molecule is Cc1ccc(N2C(=O)NC3CC2(C)Oc2ccccc23)cc1F. The van der Waals surface area contributed by atoms with E-state index in [9.17, 15) is 9.18 Å². The van der Waals surface area contributed by atoms with E-state index in [1.54, 1.807) is 19.1 Å². The molecule has 0 saturated carbocycles. The zero-order valence-corrected chi connectivity index (χ0v) is 13.0. The van der Waals surface area contributed by atoms with Crippen molar-refractivity contribution in [3.05, 3.63) is 59.4 Å². The van der Waals surface area contributed by atoms with Gasteiger partial charge in [0.1, 0.15) is 11.6 Å². The topological polar surface area (TPSA) is 41.6 Å². The Labute approximate surface area is 133 Å². The number of rotatable bonds is 1. The van der Waals surface area contributed by atoms with Crippen LogP contribution in [0.15, 0.2) is 42.5 Å². The van der Waals surface area contributed by atoms with Gasteiger partial charge in [0.15, 0.2) is 5.72 Å². The fraction of sp³-hybridized carbons (Fsp3) is 0.278.